The van der Waals surface area contributed by atoms with Crippen LogP contribution in [0.15, 0.2) is 67.1 Å². The van der Waals surface area contributed by atoms with Crippen LogP contribution >= 0.6 is 0 Å². The molecule has 6 nitrogen and oxygen atoms in total. The maximum absolute atomic E-state index is 16.1. The number of hydrogen-bond donors (Lipinski definition) is 2. The third-order valence-corrected chi connectivity index (χ3v) is 9.70. The number of hydrogen-bond acceptors (Lipinski definition) is 3. The molecule has 1 aliphatic heterocycles. The summed E-state index contributed by atoms with van der Waals surface area (Å²) in [6, 6.07) is 16.2. The molecule has 1 saturated carbocycles. The third kappa shape index (κ3) is 4.29. The van der Waals surface area contributed by atoms with Crippen LogP contribution in [0.25, 0.3) is 44.5 Å². The number of likely N-dealkylation sites (tertiary alicyclic amines) is 1. The number of carbonyl (C=O) groups is 1. The number of nitrogens with one attached hydrogen (secondary N) is 2. The monoisotopic (exact) mass is 577 g/mol. The molecule has 3 aromatic carbocycles. The largest absolute Gasteiger partial charge is 0.345 e. The number of alkyl halides is 2. The van der Waals surface area contributed by atoms with Gasteiger partial charge in [-0.05, 0) is 83.5 Å². The van der Waals surface area contributed by atoms with E-state index in [1.54, 1.807) is 36.8 Å². The Kier molecular flexibility index (Phi) is 5.71. The Hall–Kier alpha value is -4.33. The Labute approximate surface area is 248 Å². The molecule has 218 valence electrons. The van der Waals surface area contributed by atoms with E-state index < -0.39 is 5.92 Å². The number of halogens is 2. The Morgan fingerprint density at radius 3 is 2.42 bits per heavy atom. The van der Waals surface area contributed by atoms with E-state index >= 15 is 8.78 Å². The van der Waals surface area contributed by atoms with Gasteiger partial charge in [-0.25, -0.2) is 9.97 Å². The molecule has 5 aromatic rings. The van der Waals surface area contributed by atoms with Crippen molar-refractivity contribution < 1.29 is 13.6 Å². The first-order valence-electron chi connectivity index (χ1n) is 15.2. The van der Waals surface area contributed by atoms with Crippen LogP contribution in [0.4, 0.5) is 8.78 Å². The van der Waals surface area contributed by atoms with Gasteiger partial charge in [0.25, 0.3) is 5.92 Å². The van der Waals surface area contributed by atoms with E-state index in [1.807, 2.05) is 35.2 Å². The van der Waals surface area contributed by atoms with Crippen molar-refractivity contribution in [1.29, 1.82) is 0 Å². The number of benzene rings is 3. The second-order valence-electron chi connectivity index (χ2n) is 13.1. The number of nitrogens with zero attached hydrogens (tertiary/aromatic N) is 3. The molecule has 3 heterocycles. The van der Waals surface area contributed by atoms with E-state index in [2.05, 4.69) is 33.8 Å². The van der Waals surface area contributed by atoms with Crippen LogP contribution in [-0.2, 0) is 10.7 Å². The van der Waals surface area contributed by atoms with E-state index in [1.165, 1.54) is 0 Å². The van der Waals surface area contributed by atoms with Crippen LogP contribution in [0.5, 0.6) is 0 Å². The number of aromatic nitrogens is 4. The molecule has 3 aliphatic rings. The van der Waals surface area contributed by atoms with Crippen molar-refractivity contribution in [2.45, 2.75) is 57.9 Å². The van der Waals surface area contributed by atoms with Crippen LogP contribution in [0, 0.1) is 11.3 Å². The average molecular weight is 578 g/mol. The fourth-order valence-corrected chi connectivity index (χ4v) is 7.00. The highest BCUT2D eigenvalue weighted by molar-refractivity contribution is 5.86. The second kappa shape index (κ2) is 9.33. The minimum atomic E-state index is -3.14. The van der Waals surface area contributed by atoms with Gasteiger partial charge >= 0.3 is 0 Å². The predicted octanol–water partition coefficient (Wildman–Crippen LogP) is 8.23. The standard InChI is InChI=1S/C35H33F2N5O/c1-20(2)3-10-32(43)42-18-34(11-12-34)16-31(42)33-38-17-30(41-33)23-5-8-25-24-7-4-21(13-26(24)35(36,37)27(25)14-23)22-6-9-28-29(15-22)40-19-39-28/h4-9,13-15,17,19-20,31H,3,10-12,16,18H2,1-2H3,(H,38,41)(H,39,40). The van der Waals surface area contributed by atoms with Gasteiger partial charge in [0, 0.05) is 29.7 Å². The van der Waals surface area contributed by atoms with E-state index in [9.17, 15) is 4.79 Å². The van der Waals surface area contributed by atoms with Crippen LogP contribution < -0.4 is 0 Å². The normalized spacial score (nSPS) is 19.4. The van der Waals surface area contributed by atoms with E-state index in [0.717, 1.165) is 60.2 Å². The third-order valence-electron chi connectivity index (χ3n) is 9.70. The summed E-state index contributed by atoms with van der Waals surface area (Å²) in [5.74, 6) is -1.75. The lowest BCUT2D eigenvalue weighted by Crippen LogP contribution is -2.31. The van der Waals surface area contributed by atoms with Crippen molar-refractivity contribution in [3.05, 3.63) is 84.1 Å². The zero-order chi connectivity index (χ0) is 29.5. The summed E-state index contributed by atoms with van der Waals surface area (Å²) in [5, 5.41) is 0. The first-order valence-corrected chi connectivity index (χ1v) is 15.2. The first-order chi connectivity index (χ1) is 20.7. The summed E-state index contributed by atoms with van der Waals surface area (Å²) in [7, 11) is 0. The van der Waals surface area contributed by atoms with Gasteiger partial charge in [-0.3, -0.25) is 4.79 Å². The summed E-state index contributed by atoms with van der Waals surface area (Å²) < 4.78 is 32.1. The maximum Gasteiger partial charge on any atom is 0.299 e. The Balaban J connectivity index is 1.09. The number of fused-ring (bicyclic) bond motifs is 4. The van der Waals surface area contributed by atoms with Gasteiger partial charge in [-0.1, -0.05) is 44.2 Å². The highest BCUT2D eigenvalue weighted by Crippen LogP contribution is 2.58. The lowest BCUT2D eigenvalue weighted by atomic mass is 9.98. The summed E-state index contributed by atoms with van der Waals surface area (Å²) in [5.41, 5.74) is 5.97. The smallest absolute Gasteiger partial charge is 0.299 e. The summed E-state index contributed by atoms with van der Waals surface area (Å²) >= 11 is 0. The molecule has 1 amide bonds. The van der Waals surface area contributed by atoms with Crippen molar-refractivity contribution >= 4 is 16.9 Å². The minimum absolute atomic E-state index is 0.000564. The molecule has 0 bridgehead atoms. The van der Waals surface area contributed by atoms with Crippen molar-refractivity contribution in [3.63, 3.8) is 0 Å². The fraction of sp³-hybridized carbons (Fsp3) is 0.343. The molecule has 2 aliphatic carbocycles. The summed E-state index contributed by atoms with van der Waals surface area (Å²) in [6.45, 7) is 5.05. The van der Waals surface area contributed by atoms with Crippen LogP contribution in [0.3, 0.4) is 0 Å². The molecule has 2 aromatic heterocycles. The van der Waals surface area contributed by atoms with Crippen LogP contribution in [0.2, 0.25) is 0 Å². The van der Waals surface area contributed by atoms with Crippen LogP contribution in [-0.4, -0.2) is 37.3 Å². The molecule has 1 atom stereocenters. The zero-order valence-corrected chi connectivity index (χ0v) is 24.3. The SMILES string of the molecule is CC(C)CCC(=O)N1CC2(CC2)CC1c1ncc(-c2ccc3c(c2)C(F)(F)c2cc(-c4ccc5nc[nH]c5c4)ccc2-3)[nH]1. The van der Waals surface area contributed by atoms with Gasteiger partial charge < -0.3 is 14.9 Å². The van der Waals surface area contributed by atoms with E-state index in [4.69, 9.17) is 0 Å². The molecule has 8 heteroatoms. The minimum Gasteiger partial charge on any atom is -0.345 e. The van der Waals surface area contributed by atoms with Gasteiger partial charge in [-0.2, -0.15) is 8.78 Å². The van der Waals surface area contributed by atoms with E-state index in [0.29, 0.717) is 34.7 Å². The highest BCUT2D eigenvalue weighted by atomic mass is 19.3. The van der Waals surface area contributed by atoms with Gasteiger partial charge in [0.2, 0.25) is 5.91 Å². The molecular formula is C35H33F2N5O. The number of amides is 1. The number of imidazole rings is 2. The molecule has 2 N–H and O–H groups in total. The van der Waals surface area contributed by atoms with Crippen molar-refractivity contribution in [1.82, 2.24) is 24.8 Å². The molecule has 1 spiro atoms. The average Bonchev–Trinajstić information content (AvgIpc) is 3.39. The Bertz CT molecular complexity index is 1900. The number of H-pyrrole nitrogens is 2. The Morgan fingerprint density at radius 1 is 0.977 bits per heavy atom. The number of carbonyl (C=O) groups excluding carboxylic acids is 1. The quantitative estimate of drug-likeness (QED) is 0.213. The van der Waals surface area contributed by atoms with E-state index in [-0.39, 0.29) is 28.5 Å². The van der Waals surface area contributed by atoms with Gasteiger partial charge in [-0.15, -0.1) is 0 Å². The first kappa shape index (κ1) is 26.3. The molecule has 2 fully saturated rings. The molecule has 1 saturated heterocycles. The summed E-state index contributed by atoms with van der Waals surface area (Å²) in [6.07, 6.45) is 7.94. The summed E-state index contributed by atoms with van der Waals surface area (Å²) in [4.78, 5) is 30.6. The lowest BCUT2D eigenvalue weighted by Gasteiger charge is -2.23. The topological polar surface area (TPSA) is 77.7 Å². The molecular weight excluding hydrogens is 544 g/mol. The Morgan fingerprint density at radius 2 is 1.67 bits per heavy atom. The molecule has 8 rings (SSSR count). The lowest BCUT2D eigenvalue weighted by molar-refractivity contribution is -0.132. The zero-order valence-electron chi connectivity index (χ0n) is 24.3. The maximum atomic E-state index is 16.1. The van der Waals surface area contributed by atoms with Crippen LogP contribution in [0.1, 0.15) is 68.9 Å². The second-order valence-corrected chi connectivity index (χ2v) is 13.1. The fourth-order valence-electron chi connectivity index (χ4n) is 7.00. The van der Waals surface area contributed by atoms with Crippen molar-refractivity contribution in [2.75, 3.05) is 6.54 Å². The molecule has 1 unspecified atom stereocenters. The van der Waals surface area contributed by atoms with Gasteiger partial charge in [0.1, 0.15) is 5.82 Å². The predicted molar refractivity (Wildman–Crippen MR) is 162 cm³/mol. The molecule has 43 heavy (non-hydrogen) atoms. The van der Waals surface area contributed by atoms with Gasteiger partial charge in [0.05, 0.1) is 35.3 Å². The van der Waals surface area contributed by atoms with Crippen molar-refractivity contribution in [2.24, 2.45) is 11.3 Å². The molecule has 0 radical (unpaired) electrons. The number of aromatic amines is 2. The highest BCUT2D eigenvalue weighted by Gasteiger charge is 2.54. The van der Waals surface area contributed by atoms with Crippen molar-refractivity contribution in [3.8, 4) is 33.5 Å². The van der Waals surface area contributed by atoms with Gasteiger partial charge in [0.15, 0.2) is 0 Å². The number of rotatable bonds is 6.